The van der Waals surface area contributed by atoms with Crippen molar-refractivity contribution in [2.24, 2.45) is 5.73 Å². The first-order chi connectivity index (χ1) is 8.63. The van der Waals surface area contributed by atoms with E-state index < -0.39 is 30.9 Å². The Hall–Kier alpha value is -1.44. The van der Waals surface area contributed by atoms with Gasteiger partial charge in [0.05, 0.1) is 18.6 Å². The molecule has 0 amide bonds. The number of alkyl halides is 6. The van der Waals surface area contributed by atoms with E-state index >= 15 is 0 Å². The van der Waals surface area contributed by atoms with Crippen LogP contribution in [-0.2, 0) is 12.7 Å². The van der Waals surface area contributed by atoms with E-state index in [0.717, 1.165) is 12.1 Å². The van der Waals surface area contributed by atoms with Crippen LogP contribution in [0.1, 0.15) is 17.5 Å². The number of benzene rings is 1. The minimum atomic E-state index is -4.63. The van der Waals surface area contributed by atoms with Gasteiger partial charge in [-0.3, -0.25) is 0 Å². The minimum absolute atomic E-state index is 0.143. The van der Waals surface area contributed by atoms with Gasteiger partial charge in [-0.15, -0.1) is 0 Å². The van der Waals surface area contributed by atoms with E-state index in [0.29, 0.717) is 6.07 Å². The Labute approximate surface area is 105 Å². The summed E-state index contributed by atoms with van der Waals surface area (Å²) in [6.07, 6.45) is -10.3. The van der Waals surface area contributed by atoms with E-state index in [-0.39, 0.29) is 17.9 Å². The lowest BCUT2D eigenvalue weighted by Crippen LogP contribution is -2.14. The molecule has 0 atom stereocenters. The standard InChI is InChI=1S/C11H11F6NO/c12-10(13,14)3-4-19-8-2-1-7(6-18)9(5-8)11(15,16)17/h1-2,5H,3-4,6,18H2. The zero-order valence-electron chi connectivity index (χ0n) is 9.61. The van der Waals surface area contributed by atoms with Gasteiger partial charge in [0.25, 0.3) is 0 Å². The van der Waals surface area contributed by atoms with Gasteiger partial charge in [0.1, 0.15) is 5.75 Å². The van der Waals surface area contributed by atoms with Crippen molar-refractivity contribution in [3.63, 3.8) is 0 Å². The maximum Gasteiger partial charge on any atom is 0.416 e. The van der Waals surface area contributed by atoms with E-state index in [1.54, 1.807) is 0 Å². The molecule has 1 aromatic carbocycles. The zero-order valence-corrected chi connectivity index (χ0v) is 9.61. The van der Waals surface area contributed by atoms with Crippen molar-refractivity contribution in [2.45, 2.75) is 25.3 Å². The maximum absolute atomic E-state index is 12.6. The predicted octanol–water partition coefficient (Wildman–Crippen LogP) is 3.50. The predicted molar refractivity (Wildman–Crippen MR) is 55.5 cm³/mol. The van der Waals surface area contributed by atoms with Crippen LogP contribution in [0.2, 0.25) is 0 Å². The molecule has 0 radical (unpaired) electrons. The van der Waals surface area contributed by atoms with Crippen LogP contribution in [0.4, 0.5) is 26.3 Å². The monoisotopic (exact) mass is 287 g/mol. The van der Waals surface area contributed by atoms with Crippen molar-refractivity contribution in [2.75, 3.05) is 6.61 Å². The summed E-state index contributed by atoms with van der Waals surface area (Å²) in [4.78, 5) is 0. The third kappa shape index (κ3) is 4.98. The summed E-state index contributed by atoms with van der Waals surface area (Å²) in [6.45, 7) is -1.06. The van der Waals surface area contributed by atoms with Crippen molar-refractivity contribution in [3.8, 4) is 5.75 Å². The second-order valence-corrected chi connectivity index (χ2v) is 3.73. The Morgan fingerprint density at radius 2 is 1.68 bits per heavy atom. The Bertz CT molecular complexity index is 426. The molecule has 0 aromatic heterocycles. The Balaban J connectivity index is 2.82. The van der Waals surface area contributed by atoms with Crippen LogP contribution in [-0.4, -0.2) is 12.8 Å². The summed E-state index contributed by atoms with van der Waals surface area (Å²) in [5, 5.41) is 0. The number of rotatable bonds is 4. The van der Waals surface area contributed by atoms with E-state index in [1.807, 2.05) is 0 Å². The summed E-state index contributed by atoms with van der Waals surface area (Å²) in [7, 11) is 0. The molecule has 0 aliphatic carbocycles. The SMILES string of the molecule is NCc1ccc(OCCC(F)(F)F)cc1C(F)(F)F. The van der Waals surface area contributed by atoms with Crippen molar-refractivity contribution in [1.29, 1.82) is 0 Å². The van der Waals surface area contributed by atoms with Crippen LogP contribution in [0.3, 0.4) is 0 Å². The first-order valence-corrected chi connectivity index (χ1v) is 5.23. The molecule has 8 heteroatoms. The van der Waals surface area contributed by atoms with Crippen LogP contribution in [0.15, 0.2) is 18.2 Å². The summed E-state index contributed by atoms with van der Waals surface area (Å²) in [5.74, 6) is -0.270. The molecule has 1 aromatic rings. The number of halogens is 6. The maximum atomic E-state index is 12.6. The number of ether oxygens (including phenoxy) is 1. The highest BCUT2D eigenvalue weighted by atomic mass is 19.4. The van der Waals surface area contributed by atoms with E-state index in [9.17, 15) is 26.3 Å². The summed E-state index contributed by atoms with van der Waals surface area (Å²) >= 11 is 0. The highest BCUT2D eigenvalue weighted by Gasteiger charge is 2.33. The summed E-state index contributed by atoms with van der Waals surface area (Å²) in [6, 6.07) is 2.90. The summed E-state index contributed by atoms with van der Waals surface area (Å²) < 4.78 is 78.2. The fraction of sp³-hybridized carbons (Fsp3) is 0.455. The molecule has 108 valence electrons. The van der Waals surface area contributed by atoms with E-state index in [2.05, 4.69) is 4.74 Å². The minimum Gasteiger partial charge on any atom is -0.493 e. The van der Waals surface area contributed by atoms with Gasteiger partial charge in [0.15, 0.2) is 0 Å². The molecule has 0 bridgehead atoms. The molecule has 0 heterocycles. The molecule has 0 aliphatic heterocycles. The number of hydrogen-bond donors (Lipinski definition) is 1. The average Bonchev–Trinajstić information content (AvgIpc) is 2.26. The van der Waals surface area contributed by atoms with Crippen LogP contribution >= 0.6 is 0 Å². The molecule has 2 nitrogen and oxygen atoms in total. The third-order valence-corrected chi connectivity index (χ3v) is 2.26. The quantitative estimate of drug-likeness (QED) is 0.860. The lowest BCUT2D eigenvalue weighted by molar-refractivity contribution is -0.141. The molecule has 0 saturated carbocycles. The fourth-order valence-corrected chi connectivity index (χ4v) is 1.37. The van der Waals surface area contributed by atoms with Crippen molar-refractivity contribution in [3.05, 3.63) is 29.3 Å². The highest BCUT2D eigenvalue weighted by molar-refractivity contribution is 5.37. The van der Waals surface area contributed by atoms with Crippen molar-refractivity contribution >= 4 is 0 Å². The molecule has 1 rings (SSSR count). The second-order valence-electron chi connectivity index (χ2n) is 3.73. The van der Waals surface area contributed by atoms with E-state index in [4.69, 9.17) is 5.73 Å². The van der Waals surface area contributed by atoms with Gasteiger partial charge in [-0.1, -0.05) is 6.07 Å². The molecular formula is C11H11F6NO. The first kappa shape index (κ1) is 15.6. The van der Waals surface area contributed by atoms with Crippen molar-refractivity contribution in [1.82, 2.24) is 0 Å². The molecule has 19 heavy (non-hydrogen) atoms. The van der Waals surface area contributed by atoms with Gasteiger partial charge < -0.3 is 10.5 Å². The number of hydrogen-bond acceptors (Lipinski definition) is 2. The van der Waals surface area contributed by atoms with Crippen LogP contribution < -0.4 is 10.5 Å². The molecule has 0 aliphatic rings. The number of nitrogens with two attached hydrogens (primary N) is 1. The fourth-order valence-electron chi connectivity index (χ4n) is 1.37. The Kier molecular flexibility index (Phi) is 4.67. The van der Waals surface area contributed by atoms with Gasteiger partial charge in [0, 0.05) is 6.54 Å². The Morgan fingerprint density at radius 1 is 1.05 bits per heavy atom. The normalized spacial score (nSPS) is 12.6. The molecule has 0 spiro atoms. The highest BCUT2D eigenvalue weighted by Crippen LogP contribution is 2.34. The van der Waals surface area contributed by atoms with Gasteiger partial charge in [-0.25, -0.2) is 0 Å². The van der Waals surface area contributed by atoms with Gasteiger partial charge in [0.2, 0.25) is 0 Å². The van der Waals surface area contributed by atoms with Crippen LogP contribution in [0.5, 0.6) is 5.75 Å². The molecule has 0 saturated heterocycles. The topological polar surface area (TPSA) is 35.2 Å². The van der Waals surface area contributed by atoms with Crippen LogP contribution in [0.25, 0.3) is 0 Å². The Morgan fingerprint density at radius 3 is 2.16 bits per heavy atom. The van der Waals surface area contributed by atoms with Gasteiger partial charge in [-0.05, 0) is 17.7 Å². The molecule has 0 unspecified atom stereocenters. The molecule has 2 N–H and O–H groups in total. The van der Waals surface area contributed by atoms with Gasteiger partial charge in [-0.2, -0.15) is 26.3 Å². The van der Waals surface area contributed by atoms with E-state index in [1.165, 1.54) is 0 Å². The molecule has 0 fully saturated rings. The lowest BCUT2D eigenvalue weighted by Gasteiger charge is -2.14. The average molecular weight is 287 g/mol. The second kappa shape index (κ2) is 5.68. The largest absolute Gasteiger partial charge is 0.493 e. The smallest absolute Gasteiger partial charge is 0.416 e. The van der Waals surface area contributed by atoms with Gasteiger partial charge >= 0.3 is 12.4 Å². The third-order valence-electron chi connectivity index (χ3n) is 2.26. The lowest BCUT2D eigenvalue weighted by atomic mass is 10.1. The van der Waals surface area contributed by atoms with Crippen molar-refractivity contribution < 1.29 is 31.1 Å². The summed E-state index contributed by atoms with van der Waals surface area (Å²) in [5.41, 5.74) is 4.02. The first-order valence-electron chi connectivity index (χ1n) is 5.23. The molecular weight excluding hydrogens is 276 g/mol. The van der Waals surface area contributed by atoms with Crippen LogP contribution in [0, 0.1) is 0 Å². The zero-order chi connectivity index (χ0) is 14.7.